The zero-order valence-corrected chi connectivity index (χ0v) is 15.6. The summed E-state index contributed by atoms with van der Waals surface area (Å²) in [5, 5.41) is 8.98. The lowest BCUT2D eigenvalue weighted by Gasteiger charge is -2.33. The molecule has 0 N–H and O–H groups in total. The summed E-state index contributed by atoms with van der Waals surface area (Å²) < 4.78 is 32.0. The molecular formula is C19H18N3O4P. The Morgan fingerprint density at radius 2 is 2.11 bits per heavy atom. The molecule has 0 radical (unpaired) electrons. The summed E-state index contributed by atoms with van der Waals surface area (Å²) in [6, 6.07) is 15.0. The van der Waals surface area contributed by atoms with Crippen LogP contribution in [0.2, 0.25) is 0 Å². The number of rotatable bonds is 3. The number of aryl methyl sites for hydroxylation is 1. The zero-order chi connectivity index (χ0) is 18.9. The lowest BCUT2D eigenvalue weighted by atomic mass is 10.1. The second kappa shape index (κ2) is 7.07. The van der Waals surface area contributed by atoms with E-state index in [0.717, 1.165) is 16.7 Å². The normalized spacial score (nSPS) is 25.4. The van der Waals surface area contributed by atoms with Crippen LogP contribution in [-0.4, -0.2) is 23.3 Å². The van der Waals surface area contributed by atoms with E-state index in [0.29, 0.717) is 12.2 Å². The molecule has 0 amide bonds. The molecule has 0 spiro atoms. The average molecular weight is 383 g/mol. The first-order valence-electron chi connectivity index (χ1n) is 8.56. The minimum Gasteiger partial charge on any atom is -0.462 e. The van der Waals surface area contributed by atoms with E-state index in [4.69, 9.17) is 19.0 Å². The Labute approximate surface area is 157 Å². The molecule has 4 rings (SSSR count). The van der Waals surface area contributed by atoms with Crippen molar-refractivity contribution in [1.29, 1.82) is 5.26 Å². The first-order valence-corrected chi connectivity index (χ1v) is 10.1. The van der Waals surface area contributed by atoms with Crippen molar-refractivity contribution >= 4 is 13.8 Å². The van der Waals surface area contributed by atoms with Gasteiger partial charge in [-0.3, -0.25) is 4.52 Å². The Balaban J connectivity index is 1.67. The van der Waals surface area contributed by atoms with E-state index in [1.165, 1.54) is 4.67 Å². The highest BCUT2D eigenvalue weighted by Gasteiger charge is 2.49. The molecule has 2 aromatic rings. The number of benzene rings is 2. The molecule has 1 saturated heterocycles. The van der Waals surface area contributed by atoms with Crippen LogP contribution in [0, 0.1) is 18.4 Å². The van der Waals surface area contributed by atoms with Gasteiger partial charge in [0.25, 0.3) is 0 Å². The molecule has 138 valence electrons. The third-order valence-corrected chi connectivity index (χ3v) is 6.39. The maximum Gasteiger partial charge on any atom is 0.493 e. The van der Waals surface area contributed by atoms with E-state index >= 15 is 0 Å². The van der Waals surface area contributed by atoms with Crippen molar-refractivity contribution < 1.29 is 18.3 Å². The zero-order valence-electron chi connectivity index (χ0n) is 14.7. The largest absolute Gasteiger partial charge is 0.493 e. The molecule has 0 unspecified atom stereocenters. The molecule has 27 heavy (non-hydrogen) atoms. The second-order valence-corrected chi connectivity index (χ2v) is 8.25. The number of amidine groups is 1. The summed E-state index contributed by atoms with van der Waals surface area (Å²) in [6.07, 6.45) is 2.25. The van der Waals surface area contributed by atoms with Gasteiger partial charge in [0.1, 0.15) is 12.4 Å². The van der Waals surface area contributed by atoms with Gasteiger partial charge in [-0.05, 0) is 25.0 Å². The lowest BCUT2D eigenvalue weighted by Crippen LogP contribution is -2.36. The van der Waals surface area contributed by atoms with Crippen molar-refractivity contribution in [3.8, 4) is 11.9 Å². The summed E-state index contributed by atoms with van der Waals surface area (Å²) in [5.41, 5.74) is 2.95. The Bertz CT molecular complexity index is 971. The Kier molecular flexibility index (Phi) is 4.61. The Hall–Kier alpha value is -2.81. The van der Waals surface area contributed by atoms with Crippen molar-refractivity contribution in [3.63, 3.8) is 0 Å². The van der Waals surface area contributed by atoms with Crippen molar-refractivity contribution in [2.75, 3.05) is 6.61 Å². The predicted molar refractivity (Wildman–Crippen MR) is 99.0 cm³/mol. The van der Waals surface area contributed by atoms with Crippen molar-refractivity contribution in [2.24, 2.45) is 4.99 Å². The number of nitriles is 1. The fourth-order valence-electron chi connectivity index (χ4n) is 3.24. The highest BCUT2D eigenvalue weighted by molar-refractivity contribution is 7.52. The predicted octanol–water partition coefficient (Wildman–Crippen LogP) is 3.79. The Morgan fingerprint density at radius 1 is 1.30 bits per heavy atom. The average Bonchev–Trinajstić information content (AvgIpc) is 3.06. The Morgan fingerprint density at radius 3 is 2.89 bits per heavy atom. The number of aliphatic imine (C=N–C) groups is 1. The van der Waals surface area contributed by atoms with Crippen LogP contribution in [0.25, 0.3) is 0 Å². The SMILES string of the molecule is Cc1ccc2c(c1)CO[P@](=O)(N1C(=NC#N)OC[C@@H]1Cc1ccccc1)O2. The molecule has 1 fully saturated rings. The third kappa shape index (κ3) is 3.42. The fraction of sp³-hybridized carbons (Fsp3) is 0.263. The summed E-state index contributed by atoms with van der Waals surface area (Å²) in [6.45, 7) is 2.37. The van der Waals surface area contributed by atoms with Gasteiger partial charge in [-0.25, -0.2) is 9.24 Å². The number of ether oxygens (including phenoxy) is 1. The maximum atomic E-state index is 13.6. The number of fused-ring (bicyclic) bond motifs is 1. The first-order chi connectivity index (χ1) is 13.1. The summed E-state index contributed by atoms with van der Waals surface area (Å²) in [4.78, 5) is 3.68. The lowest BCUT2D eigenvalue weighted by molar-refractivity contribution is 0.194. The van der Waals surface area contributed by atoms with Crippen LogP contribution >= 0.6 is 7.75 Å². The van der Waals surface area contributed by atoms with E-state index in [1.807, 2.05) is 49.4 Å². The molecule has 2 aromatic carbocycles. The minimum absolute atomic E-state index is 0.0303. The topological polar surface area (TPSA) is 84.2 Å². The van der Waals surface area contributed by atoms with Gasteiger partial charge >= 0.3 is 13.8 Å². The van der Waals surface area contributed by atoms with Crippen LogP contribution in [0.3, 0.4) is 0 Å². The van der Waals surface area contributed by atoms with Crippen LogP contribution < -0.4 is 4.52 Å². The molecule has 0 saturated carbocycles. The molecule has 2 aliphatic rings. The van der Waals surface area contributed by atoms with Crippen molar-refractivity contribution in [3.05, 3.63) is 65.2 Å². The molecule has 2 heterocycles. The molecule has 7 nitrogen and oxygen atoms in total. The monoisotopic (exact) mass is 383 g/mol. The van der Waals surface area contributed by atoms with Gasteiger partial charge in [-0.2, -0.15) is 5.26 Å². The number of hydrogen-bond donors (Lipinski definition) is 0. The highest BCUT2D eigenvalue weighted by Crippen LogP contribution is 2.58. The van der Waals surface area contributed by atoms with Crippen LogP contribution in [-0.2, 0) is 26.9 Å². The van der Waals surface area contributed by atoms with Crippen LogP contribution in [0.1, 0.15) is 16.7 Å². The molecule has 0 aromatic heterocycles. The molecule has 2 atom stereocenters. The molecular weight excluding hydrogens is 365 g/mol. The number of nitrogens with zero attached hydrogens (tertiary/aromatic N) is 3. The van der Waals surface area contributed by atoms with Gasteiger partial charge in [0.05, 0.1) is 12.6 Å². The van der Waals surface area contributed by atoms with Crippen LogP contribution in [0.15, 0.2) is 53.5 Å². The maximum absolute atomic E-state index is 13.6. The summed E-state index contributed by atoms with van der Waals surface area (Å²) >= 11 is 0. The van der Waals surface area contributed by atoms with E-state index < -0.39 is 7.75 Å². The van der Waals surface area contributed by atoms with Gasteiger partial charge in [0.15, 0.2) is 0 Å². The van der Waals surface area contributed by atoms with E-state index in [1.54, 1.807) is 12.3 Å². The summed E-state index contributed by atoms with van der Waals surface area (Å²) in [7, 11) is -3.76. The minimum atomic E-state index is -3.76. The summed E-state index contributed by atoms with van der Waals surface area (Å²) in [5.74, 6) is 0.511. The van der Waals surface area contributed by atoms with E-state index in [9.17, 15) is 4.57 Å². The fourth-order valence-corrected chi connectivity index (χ4v) is 5.10. The molecule has 0 bridgehead atoms. The molecule has 2 aliphatic heterocycles. The van der Waals surface area contributed by atoms with Crippen LogP contribution in [0.5, 0.6) is 5.75 Å². The standard InChI is InChI=1S/C19H18N3O4P/c1-14-7-8-18-16(9-14)11-25-27(23,26-18)22-17(12-24-19(22)21-13-20)10-15-5-3-2-4-6-15/h2-9,17H,10-12H2,1H3/t17-,27+/m0/s1. The van der Waals surface area contributed by atoms with E-state index in [-0.39, 0.29) is 25.3 Å². The third-order valence-electron chi connectivity index (χ3n) is 4.48. The van der Waals surface area contributed by atoms with Gasteiger partial charge < -0.3 is 9.26 Å². The van der Waals surface area contributed by atoms with Gasteiger partial charge in [0.2, 0.25) is 6.19 Å². The van der Waals surface area contributed by atoms with Gasteiger partial charge in [0, 0.05) is 5.56 Å². The van der Waals surface area contributed by atoms with E-state index in [2.05, 4.69) is 4.99 Å². The van der Waals surface area contributed by atoms with Crippen LogP contribution in [0.4, 0.5) is 0 Å². The van der Waals surface area contributed by atoms with Gasteiger partial charge in [-0.15, -0.1) is 4.99 Å². The first kappa shape index (κ1) is 17.6. The van der Waals surface area contributed by atoms with Crippen molar-refractivity contribution in [2.45, 2.75) is 26.0 Å². The quantitative estimate of drug-likeness (QED) is 0.592. The molecule has 8 heteroatoms. The second-order valence-electron chi connectivity index (χ2n) is 6.44. The molecule has 0 aliphatic carbocycles. The van der Waals surface area contributed by atoms with Crippen molar-refractivity contribution in [1.82, 2.24) is 4.67 Å². The highest BCUT2D eigenvalue weighted by atomic mass is 31.2. The van der Waals surface area contributed by atoms with Gasteiger partial charge in [-0.1, -0.05) is 48.0 Å². The number of hydrogen-bond acceptors (Lipinski definition) is 6. The smallest absolute Gasteiger partial charge is 0.462 e.